The van der Waals surface area contributed by atoms with E-state index in [2.05, 4.69) is 5.32 Å². The van der Waals surface area contributed by atoms with Crippen molar-refractivity contribution in [2.45, 2.75) is 13.5 Å². The molecule has 0 atom stereocenters. The molecule has 0 bridgehead atoms. The van der Waals surface area contributed by atoms with Crippen LogP contribution in [0.15, 0.2) is 59.5 Å². The number of carbonyl (C=O) groups excluding carboxylic acids is 1. The van der Waals surface area contributed by atoms with Crippen LogP contribution in [0.4, 0.5) is 11.4 Å². The van der Waals surface area contributed by atoms with Crippen LogP contribution in [0, 0.1) is 10.1 Å². The molecule has 9 nitrogen and oxygen atoms in total. The molecule has 3 rings (SSSR count). The molecule has 1 heterocycles. The van der Waals surface area contributed by atoms with Gasteiger partial charge in [-0.25, -0.2) is 0 Å². The minimum absolute atomic E-state index is 0.0630. The molecule has 3 aromatic rings. The van der Waals surface area contributed by atoms with Gasteiger partial charge in [-0.05, 0) is 37.3 Å². The summed E-state index contributed by atoms with van der Waals surface area (Å²) in [6.45, 7) is 3.10. The van der Waals surface area contributed by atoms with Crippen molar-refractivity contribution in [3.63, 3.8) is 0 Å². The second-order valence-electron chi connectivity index (χ2n) is 6.37. The molecule has 156 valence electrons. The van der Waals surface area contributed by atoms with Crippen molar-refractivity contribution in [3.05, 3.63) is 75.2 Å². The molecule has 0 radical (unpaired) electrons. The number of nitro benzene ring substituents is 1. The van der Waals surface area contributed by atoms with Crippen LogP contribution in [0.5, 0.6) is 5.75 Å². The zero-order chi connectivity index (χ0) is 21.5. The van der Waals surface area contributed by atoms with Crippen molar-refractivity contribution >= 4 is 28.1 Å². The molecule has 1 amide bonds. The Hall–Kier alpha value is -3.72. The van der Waals surface area contributed by atoms with E-state index in [0.29, 0.717) is 42.0 Å². The monoisotopic (exact) mass is 411 g/mol. The topological polar surface area (TPSA) is 113 Å². The highest BCUT2D eigenvalue weighted by Gasteiger charge is 2.10. The third kappa shape index (κ3) is 5.00. The first-order valence-electron chi connectivity index (χ1n) is 9.36. The van der Waals surface area contributed by atoms with Gasteiger partial charge in [0.25, 0.3) is 17.2 Å². The molecule has 0 aliphatic rings. The average molecular weight is 411 g/mol. The first-order chi connectivity index (χ1) is 14.5. The van der Waals surface area contributed by atoms with E-state index < -0.39 is 10.8 Å². The molecule has 1 N–H and O–H groups in total. The van der Waals surface area contributed by atoms with Crippen LogP contribution in [0.3, 0.4) is 0 Å². The number of fused-ring (bicyclic) bond motifs is 1. The van der Waals surface area contributed by atoms with E-state index >= 15 is 0 Å². The van der Waals surface area contributed by atoms with Crippen molar-refractivity contribution in [1.29, 1.82) is 0 Å². The van der Waals surface area contributed by atoms with E-state index in [-0.39, 0.29) is 17.9 Å². The van der Waals surface area contributed by atoms with Crippen LogP contribution in [-0.4, -0.2) is 35.2 Å². The molecule has 0 aliphatic heterocycles. The van der Waals surface area contributed by atoms with Crippen molar-refractivity contribution in [2.75, 3.05) is 25.1 Å². The van der Waals surface area contributed by atoms with Gasteiger partial charge in [-0.2, -0.15) is 0 Å². The van der Waals surface area contributed by atoms with Gasteiger partial charge in [0, 0.05) is 42.6 Å². The number of nitro groups is 1. The van der Waals surface area contributed by atoms with Gasteiger partial charge < -0.3 is 19.4 Å². The van der Waals surface area contributed by atoms with Crippen molar-refractivity contribution in [1.82, 2.24) is 4.57 Å². The number of pyridine rings is 1. The van der Waals surface area contributed by atoms with E-state index in [1.807, 2.05) is 6.92 Å². The molecule has 30 heavy (non-hydrogen) atoms. The Labute approximate surface area is 172 Å². The Kier molecular flexibility index (Phi) is 6.76. The number of nitrogens with zero attached hydrogens (tertiary/aromatic N) is 2. The average Bonchev–Trinajstić information content (AvgIpc) is 2.74. The van der Waals surface area contributed by atoms with Crippen LogP contribution < -0.4 is 15.6 Å². The second kappa shape index (κ2) is 9.66. The van der Waals surface area contributed by atoms with Gasteiger partial charge in [0.15, 0.2) is 6.61 Å². The van der Waals surface area contributed by atoms with Gasteiger partial charge in [-0.15, -0.1) is 0 Å². The summed E-state index contributed by atoms with van der Waals surface area (Å²) in [5.41, 5.74) is 0.198. The van der Waals surface area contributed by atoms with Crippen molar-refractivity contribution in [3.8, 4) is 5.75 Å². The number of aromatic nitrogens is 1. The van der Waals surface area contributed by atoms with E-state index in [0.717, 1.165) is 0 Å². The smallest absolute Gasteiger partial charge is 0.269 e. The summed E-state index contributed by atoms with van der Waals surface area (Å²) >= 11 is 0. The summed E-state index contributed by atoms with van der Waals surface area (Å²) in [6, 6.07) is 12.4. The van der Waals surface area contributed by atoms with Crippen LogP contribution in [0.2, 0.25) is 0 Å². The highest BCUT2D eigenvalue weighted by Crippen LogP contribution is 2.23. The molecule has 9 heteroatoms. The fourth-order valence-electron chi connectivity index (χ4n) is 2.91. The van der Waals surface area contributed by atoms with E-state index in [4.69, 9.17) is 9.47 Å². The van der Waals surface area contributed by atoms with Gasteiger partial charge in [0.1, 0.15) is 5.75 Å². The molecule has 0 spiro atoms. The standard InChI is InChI=1S/C21H21N3O6/c1-2-29-13-12-23-11-10-17-18(21(23)26)4-3-5-19(17)30-14-20(25)22-15-6-8-16(9-7-15)24(27)28/h3-11H,2,12-14H2,1H3,(H,22,25). The highest BCUT2D eigenvalue weighted by atomic mass is 16.6. The van der Waals surface area contributed by atoms with Crippen LogP contribution >= 0.6 is 0 Å². The number of hydrogen-bond acceptors (Lipinski definition) is 6. The van der Waals surface area contributed by atoms with Crippen LogP contribution in [-0.2, 0) is 16.1 Å². The molecular weight excluding hydrogens is 390 g/mol. The zero-order valence-electron chi connectivity index (χ0n) is 16.4. The number of anilines is 1. The van der Waals surface area contributed by atoms with Gasteiger partial charge in [0.2, 0.25) is 0 Å². The summed E-state index contributed by atoms with van der Waals surface area (Å²) in [6.07, 6.45) is 1.67. The third-order valence-corrected chi connectivity index (χ3v) is 4.38. The van der Waals surface area contributed by atoms with Crippen LogP contribution in [0.25, 0.3) is 10.8 Å². The predicted octanol–water partition coefficient (Wildman–Crippen LogP) is 2.96. The van der Waals surface area contributed by atoms with Crippen molar-refractivity contribution in [2.24, 2.45) is 0 Å². The molecule has 0 unspecified atom stereocenters. The summed E-state index contributed by atoms with van der Waals surface area (Å²) in [7, 11) is 0. The maximum Gasteiger partial charge on any atom is 0.269 e. The number of nitrogens with one attached hydrogen (secondary N) is 1. The van der Waals surface area contributed by atoms with E-state index in [9.17, 15) is 19.7 Å². The minimum atomic E-state index is -0.514. The van der Waals surface area contributed by atoms with E-state index in [1.54, 1.807) is 35.0 Å². The molecule has 0 fully saturated rings. The molecule has 2 aromatic carbocycles. The Morgan fingerprint density at radius 1 is 1.13 bits per heavy atom. The summed E-state index contributed by atoms with van der Waals surface area (Å²) in [5.74, 6) is -0.00804. The maximum absolute atomic E-state index is 12.7. The first kappa shape index (κ1) is 21.0. The lowest BCUT2D eigenvalue weighted by Gasteiger charge is -2.11. The molecule has 0 aliphatic carbocycles. The van der Waals surface area contributed by atoms with Crippen molar-refractivity contribution < 1.29 is 19.2 Å². The molecular formula is C21H21N3O6. The maximum atomic E-state index is 12.7. The van der Waals surface area contributed by atoms with Gasteiger partial charge in [0.05, 0.1) is 16.9 Å². The number of non-ortho nitro benzene ring substituents is 1. The van der Waals surface area contributed by atoms with Gasteiger partial charge in [-0.3, -0.25) is 19.7 Å². The van der Waals surface area contributed by atoms with E-state index in [1.165, 1.54) is 24.3 Å². The van der Waals surface area contributed by atoms with Gasteiger partial charge in [-0.1, -0.05) is 6.07 Å². The summed E-state index contributed by atoms with van der Waals surface area (Å²) < 4.78 is 12.5. The predicted molar refractivity (Wildman–Crippen MR) is 112 cm³/mol. The number of benzene rings is 2. The molecule has 1 aromatic heterocycles. The summed E-state index contributed by atoms with van der Waals surface area (Å²) in [4.78, 5) is 35.0. The first-order valence-corrected chi connectivity index (χ1v) is 9.36. The van der Waals surface area contributed by atoms with Gasteiger partial charge >= 0.3 is 0 Å². The third-order valence-electron chi connectivity index (χ3n) is 4.38. The normalized spacial score (nSPS) is 10.7. The quantitative estimate of drug-likeness (QED) is 0.329. The Bertz CT molecular complexity index is 1110. The number of carbonyl (C=O) groups is 1. The Morgan fingerprint density at radius 3 is 2.60 bits per heavy atom. The molecule has 0 saturated heterocycles. The fraction of sp³-hybridized carbons (Fsp3) is 0.238. The Morgan fingerprint density at radius 2 is 1.90 bits per heavy atom. The molecule has 0 saturated carbocycles. The lowest BCUT2D eigenvalue weighted by atomic mass is 10.1. The highest BCUT2D eigenvalue weighted by molar-refractivity contribution is 5.93. The lowest BCUT2D eigenvalue weighted by Crippen LogP contribution is -2.22. The number of hydrogen-bond donors (Lipinski definition) is 1. The second-order valence-corrected chi connectivity index (χ2v) is 6.37. The Balaban J connectivity index is 1.68. The SMILES string of the molecule is CCOCCn1ccc2c(OCC(=O)Nc3ccc([N+](=O)[O-])cc3)cccc2c1=O. The largest absolute Gasteiger partial charge is 0.483 e. The minimum Gasteiger partial charge on any atom is -0.483 e. The summed E-state index contributed by atoms with van der Waals surface area (Å²) in [5, 5.41) is 14.4. The zero-order valence-corrected chi connectivity index (χ0v) is 16.4. The lowest BCUT2D eigenvalue weighted by molar-refractivity contribution is -0.384. The number of ether oxygens (including phenoxy) is 2. The fourth-order valence-corrected chi connectivity index (χ4v) is 2.91. The van der Waals surface area contributed by atoms with Crippen LogP contribution in [0.1, 0.15) is 6.92 Å². The number of rotatable bonds is 9. The number of amides is 1.